The highest BCUT2D eigenvalue weighted by molar-refractivity contribution is 7.92. The van der Waals surface area contributed by atoms with Crippen molar-refractivity contribution in [3.8, 4) is 11.8 Å². The van der Waals surface area contributed by atoms with Gasteiger partial charge in [0.05, 0.1) is 22.6 Å². The number of nitrogens with one attached hydrogen (secondary N) is 1. The summed E-state index contributed by atoms with van der Waals surface area (Å²) in [7, 11) is -2.16. The Balaban J connectivity index is 1.64. The Morgan fingerprint density at radius 2 is 1.81 bits per heavy atom. The number of aryl methyl sites for hydroxylation is 3. The first-order valence-electron chi connectivity index (χ1n) is 11.6. The van der Waals surface area contributed by atoms with Crippen LogP contribution >= 0.6 is 0 Å². The first-order valence-corrected chi connectivity index (χ1v) is 13.0. The van der Waals surface area contributed by atoms with Crippen LogP contribution in [0, 0.1) is 38.4 Å². The Kier molecular flexibility index (Phi) is 7.52. The van der Waals surface area contributed by atoms with Gasteiger partial charge in [0.1, 0.15) is 22.9 Å². The Bertz CT molecular complexity index is 1440. The molecule has 1 aliphatic rings. The van der Waals surface area contributed by atoms with Crippen molar-refractivity contribution in [3.05, 3.63) is 70.7 Å². The first kappa shape index (κ1) is 25.5. The molecule has 0 unspecified atom stereocenters. The van der Waals surface area contributed by atoms with E-state index in [-0.39, 0.29) is 11.7 Å². The average molecular weight is 510 g/mol. The van der Waals surface area contributed by atoms with E-state index in [1.54, 1.807) is 32.2 Å². The molecule has 1 saturated heterocycles. The van der Waals surface area contributed by atoms with Crippen molar-refractivity contribution in [3.63, 3.8) is 0 Å². The molecule has 0 amide bonds. The zero-order chi connectivity index (χ0) is 25.9. The highest BCUT2D eigenvalue weighted by Crippen LogP contribution is 2.25. The lowest BCUT2D eigenvalue weighted by molar-refractivity contribution is 0.0853. The van der Waals surface area contributed by atoms with Crippen molar-refractivity contribution in [1.82, 2.24) is 15.0 Å². The third kappa shape index (κ3) is 5.64. The van der Waals surface area contributed by atoms with Crippen LogP contribution in [0.4, 0.5) is 15.9 Å². The van der Waals surface area contributed by atoms with Crippen LogP contribution in [-0.2, 0) is 14.8 Å². The number of rotatable bonds is 5. The van der Waals surface area contributed by atoms with Crippen molar-refractivity contribution in [2.75, 3.05) is 29.9 Å². The van der Waals surface area contributed by atoms with Crippen LogP contribution in [0.15, 0.2) is 41.7 Å². The van der Waals surface area contributed by atoms with Crippen LogP contribution in [0.1, 0.15) is 40.9 Å². The number of anilines is 2. The molecule has 1 N–H and O–H groups in total. The van der Waals surface area contributed by atoms with Crippen LogP contribution < -0.4 is 9.62 Å². The van der Waals surface area contributed by atoms with Crippen LogP contribution in [-0.4, -0.2) is 49.7 Å². The second-order valence-electron chi connectivity index (χ2n) is 8.76. The average Bonchev–Trinajstić information content (AvgIpc) is 2.84. The van der Waals surface area contributed by atoms with Gasteiger partial charge in [-0.25, -0.2) is 22.8 Å². The lowest BCUT2D eigenvalue weighted by Gasteiger charge is -2.32. The number of benzene rings is 1. The molecule has 3 heterocycles. The van der Waals surface area contributed by atoms with E-state index in [1.165, 1.54) is 18.5 Å². The largest absolute Gasteiger partial charge is 0.381 e. The van der Waals surface area contributed by atoms with Crippen LogP contribution in [0.2, 0.25) is 0 Å². The van der Waals surface area contributed by atoms with Crippen LogP contribution in [0.25, 0.3) is 0 Å². The zero-order valence-electron chi connectivity index (χ0n) is 20.7. The van der Waals surface area contributed by atoms with Gasteiger partial charge in [0.15, 0.2) is 0 Å². The molecule has 0 saturated carbocycles. The van der Waals surface area contributed by atoms with Crippen LogP contribution in [0.5, 0.6) is 0 Å². The van der Waals surface area contributed by atoms with Gasteiger partial charge in [-0.3, -0.25) is 9.71 Å². The highest BCUT2D eigenvalue weighted by Gasteiger charge is 2.23. The van der Waals surface area contributed by atoms with Crippen molar-refractivity contribution >= 4 is 21.5 Å². The Morgan fingerprint density at radius 3 is 2.53 bits per heavy atom. The quantitative estimate of drug-likeness (QED) is 0.523. The van der Waals surface area contributed by atoms with E-state index in [4.69, 9.17) is 4.74 Å². The van der Waals surface area contributed by atoms with E-state index >= 15 is 0 Å². The number of nitrogens with zero attached hydrogens (tertiary/aromatic N) is 4. The normalized spacial score (nSPS) is 14.1. The van der Waals surface area contributed by atoms with Gasteiger partial charge < -0.3 is 9.64 Å². The van der Waals surface area contributed by atoms with Crippen LogP contribution in [0.3, 0.4) is 0 Å². The van der Waals surface area contributed by atoms with Gasteiger partial charge in [0.25, 0.3) is 10.0 Å². The standard InChI is InChI=1S/C26H28FN5O3S/c1-17-5-8-25(23(27)13-17)36(33,34)31-24-14-20(15-28-19(24)3)6-7-22-18(2)29-16-30-26(22)32(4)21-9-11-35-12-10-21/h5,8,13-16,21,31H,9-12H2,1-4H3. The number of halogens is 1. The minimum Gasteiger partial charge on any atom is -0.381 e. The molecule has 4 rings (SSSR count). The van der Waals surface area contributed by atoms with Gasteiger partial charge in [-0.15, -0.1) is 0 Å². The molecule has 3 aromatic rings. The lowest BCUT2D eigenvalue weighted by atomic mass is 10.1. The summed E-state index contributed by atoms with van der Waals surface area (Å²) in [6, 6.07) is 5.84. The fraction of sp³-hybridized carbons (Fsp3) is 0.346. The fourth-order valence-corrected chi connectivity index (χ4v) is 5.15. The summed E-state index contributed by atoms with van der Waals surface area (Å²) in [5, 5.41) is 0. The van der Waals surface area contributed by atoms with Crippen molar-refractivity contribution in [1.29, 1.82) is 0 Å². The summed E-state index contributed by atoms with van der Waals surface area (Å²) in [6.45, 7) is 6.64. The summed E-state index contributed by atoms with van der Waals surface area (Å²) in [6.07, 6.45) is 4.89. The molecule has 2 aromatic heterocycles. The number of hydrogen-bond acceptors (Lipinski definition) is 7. The number of hydrogen-bond donors (Lipinski definition) is 1. The van der Waals surface area contributed by atoms with Crippen molar-refractivity contribution in [2.45, 2.75) is 44.6 Å². The fourth-order valence-electron chi connectivity index (χ4n) is 3.98. The molecule has 36 heavy (non-hydrogen) atoms. The van der Waals surface area contributed by atoms with Gasteiger partial charge in [-0.2, -0.15) is 0 Å². The lowest BCUT2D eigenvalue weighted by Crippen LogP contribution is -2.37. The van der Waals surface area contributed by atoms with Gasteiger partial charge in [-0.05, 0) is 57.4 Å². The maximum atomic E-state index is 14.3. The number of sulfonamides is 1. The SMILES string of the molecule is Cc1ccc(S(=O)(=O)Nc2cc(C#Cc3c(C)ncnc3N(C)C3CCOCC3)cnc2C)c(F)c1. The number of ether oxygens (including phenoxy) is 1. The van der Waals surface area contributed by atoms with E-state index in [9.17, 15) is 12.8 Å². The van der Waals surface area contributed by atoms with E-state index in [0.717, 1.165) is 24.4 Å². The second kappa shape index (κ2) is 10.6. The smallest absolute Gasteiger partial charge is 0.264 e. The maximum absolute atomic E-state index is 14.3. The molecule has 8 nitrogen and oxygen atoms in total. The third-order valence-corrected chi connectivity index (χ3v) is 7.53. The molecule has 0 spiro atoms. The van der Waals surface area contributed by atoms with E-state index in [2.05, 4.69) is 36.4 Å². The topological polar surface area (TPSA) is 97.3 Å². The Hall–Kier alpha value is -3.55. The Morgan fingerprint density at radius 1 is 1.06 bits per heavy atom. The van der Waals surface area contributed by atoms with Gasteiger partial charge in [0.2, 0.25) is 0 Å². The van der Waals surface area contributed by atoms with Gasteiger partial charge >= 0.3 is 0 Å². The minimum atomic E-state index is -4.15. The third-order valence-electron chi connectivity index (χ3n) is 6.13. The summed E-state index contributed by atoms with van der Waals surface area (Å²) < 4.78 is 47.9. The summed E-state index contributed by atoms with van der Waals surface area (Å²) in [4.78, 5) is 14.8. The van der Waals surface area contributed by atoms with Gasteiger partial charge in [0, 0.05) is 38.1 Å². The predicted octanol–water partition coefficient (Wildman–Crippen LogP) is 3.75. The molecule has 0 aliphatic carbocycles. The monoisotopic (exact) mass is 509 g/mol. The molecular formula is C26H28FN5O3S. The maximum Gasteiger partial charge on any atom is 0.264 e. The molecule has 188 valence electrons. The first-order chi connectivity index (χ1) is 17.2. The van der Waals surface area contributed by atoms with E-state index in [1.807, 2.05) is 14.0 Å². The zero-order valence-corrected chi connectivity index (χ0v) is 21.5. The molecular weight excluding hydrogens is 481 g/mol. The number of pyridine rings is 1. The predicted molar refractivity (Wildman–Crippen MR) is 136 cm³/mol. The summed E-state index contributed by atoms with van der Waals surface area (Å²) in [5.74, 6) is 6.13. The molecule has 10 heteroatoms. The van der Waals surface area contributed by atoms with E-state index in [0.29, 0.717) is 35.6 Å². The van der Waals surface area contributed by atoms with Crippen molar-refractivity contribution < 1.29 is 17.5 Å². The highest BCUT2D eigenvalue weighted by atomic mass is 32.2. The molecule has 0 radical (unpaired) electrons. The summed E-state index contributed by atoms with van der Waals surface area (Å²) in [5.41, 5.74) is 3.21. The number of aromatic nitrogens is 3. The van der Waals surface area contributed by atoms with Crippen molar-refractivity contribution in [2.24, 2.45) is 0 Å². The minimum absolute atomic E-state index is 0.224. The van der Waals surface area contributed by atoms with E-state index < -0.39 is 20.7 Å². The molecule has 1 fully saturated rings. The second-order valence-corrected chi connectivity index (χ2v) is 10.4. The molecule has 1 aliphatic heterocycles. The summed E-state index contributed by atoms with van der Waals surface area (Å²) >= 11 is 0. The molecule has 0 bridgehead atoms. The molecule has 0 atom stereocenters. The van der Waals surface area contributed by atoms with Gasteiger partial charge in [-0.1, -0.05) is 17.9 Å². The molecule has 1 aromatic carbocycles. The Labute approximate surface area is 211 Å².